The van der Waals surface area contributed by atoms with Crippen LogP contribution in [0.3, 0.4) is 0 Å². The smallest absolute Gasteiger partial charge is 0.257 e. The summed E-state index contributed by atoms with van der Waals surface area (Å²) >= 11 is 6.02. The maximum absolute atomic E-state index is 12.4. The zero-order chi connectivity index (χ0) is 18.8. The van der Waals surface area contributed by atoms with E-state index >= 15 is 0 Å². The summed E-state index contributed by atoms with van der Waals surface area (Å²) in [5.41, 5.74) is 6.27. The minimum atomic E-state index is -0.347. The molecule has 0 spiro atoms. The molecule has 3 aromatic carbocycles. The van der Waals surface area contributed by atoms with Gasteiger partial charge in [0, 0.05) is 5.69 Å². The van der Waals surface area contributed by atoms with Gasteiger partial charge in [0.05, 0.1) is 10.6 Å². The number of anilines is 1. The molecule has 4 rings (SSSR count). The summed E-state index contributed by atoms with van der Waals surface area (Å²) in [6, 6.07) is 19.0. The predicted molar refractivity (Wildman–Crippen MR) is 110 cm³/mol. The van der Waals surface area contributed by atoms with E-state index in [1.165, 1.54) is 35.6 Å². The van der Waals surface area contributed by atoms with Crippen molar-refractivity contribution in [3.63, 3.8) is 0 Å². The molecule has 3 aromatic rings. The van der Waals surface area contributed by atoms with Crippen LogP contribution < -0.4 is 5.32 Å². The molecule has 1 aliphatic carbocycles. The van der Waals surface area contributed by atoms with Crippen molar-refractivity contribution < 1.29 is 9.90 Å². The van der Waals surface area contributed by atoms with Gasteiger partial charge in [0.15, 0.2) is 0 Å². The number of hydrogen-bond donors (Lipinski definition) is 2. The van der Waals surface area contributed by atoms with E-state index in [1.807, 2.05) is 24.3 Å². The van der Waals surface area contributed by atoms with Crippen LogP contribution >= 0.6 is 11.6 Å². The molecule has 0 aromatic heterocycles. The number of carbonyl (C=O) groups is 1. The first-order valence-electron chi connectivity index (χ1n) is 9.13. The largest absolute Gasteiger partial charge is 0.506 e. The van der Waals surface area contributed by atoms with Gasteiger partial charge in [-0.2, -0.15) is 0 Å². The Balaban J connectivity index is 1.57. The summed E-state index contributed by atoms with van der Waals surface area (Å²) in [6.45, 7) is 0. The number of fused-ring (bicyclic) bond motifs is 1. The maximum atomic E-state index is 12.4. The fourth-order valence-electron chi connectivity index (χ4n) is 3.68. The average molecular weight is 378 g/mol. The number of hydrogen-bond acceptors (Lipinski definition) is 2. The molecule has 0 saturated carbocycles. The summed E-state index contributed by atoms with van der Waals surface area (Å²) in [4.78, 5) is 12.4. The summed E-state index contributed by atoms with van der Waals surface area (Å²) in [5, 5.41) is 12.6. The highest BCUT2D eigenvalue weighted by Crippen LogP contribution is 2.32. The zero-order valence-corrected chi connectivity index (χ0v) is 15.6. The van der Waals surface area contributed by atoms with E-state index in [9.17, 15) is 9.90 Å². The zero-order valence-electron chi connectivity index (χ0n) is 14.8. The lowest BCUT2D eigenvalue weighted by atomic mass is 9.86. The van der Waals surface area contributed by atoms with Crippen LogP contribution in [0.4, 0.5) is 5.69 Å². The number of rotatable bonds is 3. The first-order chi connectivity index (χ1) is 13.1. The number of aromatic hydroxyl groups is 1. The van der Waals surface area contributed by atoms with Crippen LogP contribution in [0.5, 0.6) is 5.75 Å². The first kappa shape index (κ1) is 17.6. The lowest BCUT2D eigenvalue weighted by Crippen LogP contribution is -2.12. The minimum Gasteiger partial charge on any atom is -0.506 e. The van der Waals surface area contributed by atoms with Crippen molar-refractivity contribution in [3.8, 4) is 16.9 Å². The van der Waals surface area contributed by atoms with E-state index in [0.717, 1.165) is 18.4 Å². The first-order valence-corrected chi connectivity index (χ1v) is 9.51. The van der Waals surface area contributed by atoms with Crippen LogP contribution in [0, 0.1) is 0 Å². The number of benzene rings is 3. The molecule has 0 aliphatic heterocycles. The number of nitrogens with one attached hydrogen (secondary N) is 1. The second-order valence-corrected chi connectivity index (χ2v) is 7.20. The highest BCUT2D eigenvalue weighted by molar-refractivity contribution is 6.35. The molecule has 1 amide bonds. The van der Waals surface area contributed by atoms with E-state index < -0.39 is 0 Å². The molecule has 1 aliphatic rings. The van der Waals surface area contributed by atoms with E-state index in [0.29, 0.717) is 5.69 Å². The van der Waals surface area contributed by atoms with Gasteiger partial charge in [-0.25, -0.2) is 0 Å². The average Bonchev–Trinajstić information content (AvgIpc) is 2.70. The Morgan fingerprint density at radius 2 is 1.67 bits per heavy atom. The Morgan fingerprint density at radius 1 is 0.926 bits per heavy atom. The molecule has 4 heteroatoms. The van der Waals surface area contributed by atoms with Gasteiger partial charge < -0.3 is 10.4 Å². The van der Waals surface area contributed by atoms with Gasteiger partial charge in [0.25, 0.3) is 5.91 Å². The van der Waals surface area contributed by atoms with Crippen molar-refractivity contribution in [1.82, 2.24) is 0 Å². The van der Waals surface area contributed by atoms with Gasteiger partial charge in [-0.15, -0.1) is 0 Å². The molecule has 0 unspecified atom stereocenters. The molecule has 0 bridgehead atoms. The van der Waals surface area contributed by atoms with Gasteiger partial charge in [-0.05, 0) is 72.2 Å². The van der Waals surface area contributed by atoms with Gasteiger partial charge in [0.1, 0.15) is 5.75 Å². The number of halogens is 1. The van der Waals surface area contributed by atoms with Crippen LogP contribution in [-0.4, -0.2) is 11.0 Å². The van der Waals surface area contributed by atoms with Crippen molar-refractivity contribution in [2.45, 2.75) is 25.7 Å². The second kappa shape index (κ2) is 7.45. The Kier molecular flexibility index (Phi) is 4.87. The molecule has 3 nitrogen and oxygen atoms in total. The normalized spacial score (nSPS) is 13.1. The minimum absolute atomic E-state index is 0.0579. The molecule has 0 heterocycles. The van der Waals surface area contributed by atoms with E-state index in [1.54, 1.807) is 12.1 Å². The van der Waals surface area contributed by atoms with E-state index in [-0.39, 0.29) is 22.2 Å². The Hall–Kier alpha value is -2.78. The monoisotopic (exact) mass is 377 g/mol. The third-order valence-electron chi connectivity index (χ3n) is 5.07. The quantitative estimate of drug-likeness (QED) is 0.602. The molecule has 136 valence electrons. The number of phenols is 1. The molecular formula is C23H20ClNO2. The van der Waals surface area contributed by atoms with E-state index in [2.05, 4.69) is 23.5 Å². The topological polar surface area (TPSA) is 49.3 Å². The van der Waals surface area contributed by atoms with E-state index in [4.69, 9.17) is 11.6 Å². The van der Waals surface area contributed by atoms with Crippen LogP contribution in [0.25, 0.3) is 11.1 Å². The lowest BCUT2D eigenvalue weighted by molar-refractivity contribution is 0.102. The van der Waals surface area contributed by atoms with Crippen molar-refractivity contribution in [3.05, 3.63) is 82.4 Å². The van der Waals surface area contributed by atoms with Gasteiger partial charge in [-0.3, -0.25) is 4.79 Å². The molecule has 0 saturated heterocycles. The third kappa shape index (κ3) is 3.56. The number of amides is 1. The molecule has 27 heavy (non-hydrogen) atoms. The second-order valence-electron chi connectivity index (χ2n) is 6.82. The van der Waals surface area contributed by atoms with Crippen molar-refractivity contribution in [2.24, 2.45) is 0 Å². The van der Waals surface area contributed by atoms with Gasteiger partial charge in [0.2, 0.25) is 0 Å². The standard InChI is InChI=1S/C23H20ClNO2/c24-22-20(9-4-10-21(22)26)23(27)25-17-13-11-16(12-14-17)19-8-3-6-15-5-1-2-7-18(15)19/h3-4,6,8-14,26H,1-2,5,7H2,(H,25,27). The molecule has 0 fully saturated rings. The van der Waals surface area contributed by atoms with Crippen LogP contribution in [0.1, 0.15) is 34.3 Å². The fraction of sp³-hybridized carbons (Fsp3) is 0.174. The Morgan fingerprint density at radius 3 is 2.48 bits per heavy atom. The highest BCUT2D eigenvalue weighted by atomic mass is 35.5. The van der Waals surface area contributed by atoms with Crippen molar-refractivity contribution in [2.75, 3.05) is 5.32 Å². The summed E-state index contributed by atoms with van der Waals surface area (Å²) < 4.78 is 0. The molecule has 0 atom stereocenters. The summed E-state index contributed by atoms with van der Waals surface area (Å²) in [5.74, 6) is -0.450. The highest BCUT2D eigenvalue weighted by Gasteiger charge is 2.15. The number of carbonyl (C=O) groups excluding carboxylic acids is 1. The fourth-order valence-corrected chi connectivity index (χ4v) is 3.89. The molecule has 0 radical (unpaired) electrons. The number of phenolic OH excluding ortho intramolecular Hbond substituents is 1. The molecular weight excluding hydrogens is 358 g/mol. The summed E-state index contributed by atoms with van der Waals surface area (Å²) in [7, 11) is 0. The number of aryl methyl sites for hydroxylation is 1. The maximum Gasteiger partial charge on any atom is 0.257 e. The third-order valence-corrected chi connectivity index (χ3v) is 5.47. The van der Waals surface area contributed by atoms with Gasteiger partial charge >= 0.3 is 0 Å². The van der Waals surface area contributed by atoms with Crippen LogP contribution in [0.2, 0.25) is 5.02 Å². The SMILES string of the molecule is O=C(Nc1ccc(-c2cccc3c2CCCC3)cc1)c1cccc(O)c1Cl. The van der Waals surface area contributed by atoms with Gasteiger partial charge in [-0.1, -0.05) is 48.0 Å². The lowest BCUT2D eigenvalue weighted by Gasteiger charge is -2.19. The van der Waals surface area contributed by atoms with Crippen LogP contribution in [-0.2, 0) is 12.8 Å². The van der Waals surface area contributed by atoms with Crippen molar-refractivity contribution >= 4 is 23.2 Å². The Bertz CT molecular complexity index is 996. The predicted octanol–water partition coefficient (Wildman–Crippen LogP) is 5.84. The molecule has 2 N–H and O–H groups in total. The van der Waals surface area contributed by atoms with Crippen molar-refractivity contribution in [1.29, 1.82) is 0 Å². The van der Waals surface area contributed by atoms with Crippen LogP contribution in [0.15, 0.2) is 60.7 Å². The Labute approximate surface area is 163 Å². The summed E-state index contributed by atoms with van der Waals surface area (Å²) in [6.07, 6.45) is 4.78.